The van der Waals surface area contributed by atoms with Crippen LogP contribution in [-0.2, 0) is 14.1 Å². The summed E-state index contributed by atoms with van der Waals surface area (Å²) in [5.74, 6) is 1.18. The van der Waals surface area contributed by atoms with E-state index < -0.39 is 5.69 Å². The molecule has 7 heteroatoms. The number of ether oxygens (including phenoxy) is 1. The van der Waals surface area contributed by atoms with E-state index in [2.05, 4.69) is 5.10 Å². The zero-order valence-electron chi connectivity index (χ0n) is 13.0. The molecule has 2 aromatic rings. The van der Waals surface area contributed by atoms with Gasteiger partial charge in [-0.2, -0.15) is 5.10 Å². The van der Waals surface area contributed by atoms with E-state index in [-0.39, 0.29) is 5.56 Å². The number of anilines is 1. The van der Waals surface area contributed by atoms with E-state index in [1.54, 1.807) is 27.4 Å². The fourth-order valence-electron chi connectivity index (χ4n) is 1.93. The van der Waals surface area contributed by atoms with Crippen molar-refractivity contribution in [2.45, 2.75) is 0 Å². The Morgan fingerprint density at radius 1 is 1.14 bits per heavy atom. The molecule has 116 valence electrons. The van der Waals surface area contributed by atoms with Crippen molar-refractivity contribution < 1.29 is 4.74 Å². The highest BCUT2D eigenvalue weighted by Crippen LogP contribution is 2.11. The molecule has 1 heterocycles. The zero-order valence-corrected chi connectivity index (χ0v) is 13.0. The van der Waals surface area contributed by atoms with Crippen molar-refractivity contribution in [1.29, 1.82) is 0 Å². The first-order valence-electron chi connectivity index (χ1n) is 6.63. The minimum Gasteiger partial charge on any atom is -0.497 e. The van der Waals surface area contributed by atoms with Gasteiger partial charge in [0.15, 0.2) is 0 Å². The molecular formula is C15H18N4O3. The highest BCUT2D eigenvalue weighted by molar-refractivity contribution is 5.80. The van der Waals surface area contributed by atoms with Crippen LogP contribution in [0.2, 0.25) is 0 Å². The largest absolute Gasteiger partial charge is 0.497 e. The monoisotopic (exact) mass is 302 g/mol. The van der Waals surface area contributed by atoms with Gasteiger partial charge in [-0.05, 0) is 29.8 Å². The third-order valence-corrected chi connectivity index (χ3v) is 3.33. The third kappa shape index (κ3) is 3.08. The van der Waals surface area contributed by atoms with E-state index in [1.165, 1.54) is 22.7 Å². The van der Waals surface area contributed by atoms with Crippen LogP contribution >= 0.6 is 0 Å². The number of hydrogen-bond acceptors (Lipinski definition) is 5. The molecule has 7 nitrogen and oxygen atoms in total. The quantitative estimate of drug-likeness (QED) is 0.611. The average Bonchev–Trinajstić information content (AvgIpc) is 2.54. The molecule has 0 bridgehead atoms. The molecule has 22 heavy (non-hydrogen) atoms. The number of benzene rings is 1. The van der Waals surface area contributed by atoms with E-state index in [4.69, 9.17) is 4.74 Å². The van der Waals surface area contributed by atoms with Gasteiger partial charge >= 0.3 is 5.69 Å². The van der Waals surface area contributed by atoms with Crippen molar-refractivity contribution in [1.82, 2.24) is 9.13 Å². The van der Waals surface area contributed by atoms with Gasteiger partial charge in [0.1, 0.15) is 11.6 Å². The number of aromatic nitrogens is 2. The molecule has 1 aromatic carbocycles. The van der Waals surface area contributed by atoms with Crippen molar-refractivity contribution in [2.24, 2.45) is 19.2 Å². The first-order chi connectivity index (χ1) is 10.4. The topological polar surface area (TPSA) is 68.8 Å². The summed E-state index contributed by atoms with van der Waals surface area (Å²) in [4.78, 5) is 23.6. The van der Waals surface area contributed by atoms with Crippen molar-refractivity contribution in [3.05, 3.63) is 56.7 Å². The van der Waals surface area contributed by atoms with E-state index in [1.807, 2.05) is 24.3 Å². The molecular weight excluding hydrogens is 284 g/mol. The molecule has 0 aliphatic heterocycles. The number of rotatable bonds is 4. The van der Waals surface area contributed by atoms with Crippen LogP contribution in [0.25, 0.3) is 0 Å². The highest BCUT2D eigenvalue weighted by Gasteiger charge is 2.08. The molecule has 0 radical (unpaired) electrons. The van der Waals surface area contributed by atoms with E-state index >= 15 is 0 Å². The van der Waals surface area contributed by atoms with Crippen LogP contribution in [0, 0.1) is 0 Å². The van der Waals surface area contributed by atoms with Crippen molar-refractivity contribution in [3.8, 4) is 5.75 Å². The molecule has 0 spiro atoms. The van der Waals surface area contributed by atoms with Gasteiger partial charge in [-0.15, -0.1) is 0 Å². The van der Waals surface area contributed by atoms with Gasteiger partial charge in [0, 0.05) is 27.2 Å². The Hall–Kier alpha value is -2.83. The predicted octanol–water partition coefficient (Wildman–Crippen LogP) is 0.563. The second-order valence-electron chi connectivity index (χ2n) is 4.78. The van der Waals surface area contributed by atoms with Gasteiger partial charge in [-0.1, -0.05) is 0 Å². The molecule has 0 atom stereocenters. The van der Waals surface area contributed by atoms with Crippen LogP contribution in [0.5, 0.6) is 5.75 Å². The standard InChI is InChI=1S/C15H18N4O3/c1-17-13(9-14(20)18(2)15(17)21)19(3)16-10-11-5-7-12(22-4)8-6-11/h5-10H,1-4H3/b16-10+. The van der Waals surface area contributed by atoms with Gasteiger partial charge < -0.3 is 4.74 Å². The van der Waals surface area contributed by atoms with E-state index in [9.17, 15) is 9.59 Å². The molecule has 0 amide bonds. The normalized spacial score (nSPS) is 10.9. The summed E-state index contributed by atoms with van der Waals surface area (Å²) < 4.78 is 7.50. The Balaban J connectivity index is 2.28. The molecule has 0 aliphatic carbocycles. The molecule has 1 aromatic heterocycles. The summed E-state index contributed by atoms with van der Waals surface area (Å²) in [5.41, 5.74) is 0.111. The summed E-state index contributed by atoms with van der Waals surface area (Å²) in [6.45, 7) is 0. The summed E-state index contributed by atoms with van der Waals surface area (Å²) in [7, 11) is 6.31. The van der Waals surface area contributed by atoms with Crippen LogP contribution in [0.4, 0.5) is 5.82 Å². The van der Waals surface area contributed by atoms with Crippen molar-refractivity contribution >= 4 is 12.0 Å². The molecule has 0 saturated heterocycles. The summed E-state index contributed by atoms with van der Waals surface area (Å²) >= 11 is 0. The maximum atomic E-state index is 11.9. The van der Waals surface area contributed by atoms with Gasteiger partial charge in [-0.3, -0.25) is 18.9 Å². The lowest BCUT2D eigenvalue weighted by Gasteiger charge is -2.16. The lowest BCUT2D eigenvalue weighted by atomic mass is 10.2. The van der Waals surface area contributed by atoms with Crippen molar-refractivity contribution in [3.63, 3.8) is 0 Å². The second kappa shape index (κ2) is 6.30. The summed E-state index contributed by atoms with van der Waals surface area (Å²) in [6.07, 6.45) is 1.64. The molecule has 0 aliphatic rings. The first kappa shape index (κ1) is 15.6. The minimum absolute atomic E-state index is 0.371. The van der Waals surface area contributed by atoms with Crippen LogP contribution in [0.3, 0.4) is 0 Å². The van der Waals surface area contributed by atoms with Crippen LogP contribution in [0.15, 0.2) is 45.0 Å². The number of hydrazone groups is 1. The van der Waals surface area contributed by atoms with Crippen molar-refractivity contribution in [2.75, 3.05) is 19.2 Å². The third-order valence-electron chi connectivity index (χ3n) is 3.33. The average molecular weight is 302 g/mol. The summed E-state index contributed by atoms with van der Waals surface area (Å²) in [5, 5.41) is 5.73. The lowest BCUT2D eigenvalue weighted by molar-refractivity contribution is 0.415. The Bertz CT molecular complexity index is 803. The SMILES string of the molecule is COc1ccc(/C=N/N(C)c2cc(=O)n(C)c(=O)n2C)cc1. The van der Waals surface area contributed by atoms with Gasteiger partial charge in [0.05, 0.1) is 13.3 Å². The second-order valence-corrected chi connectivity index (χ2v) is 4.78. The van der Waals surface area contributed by atoms with Gasteiger partial charge in [0.2, 0.25) is 0 Å². The van der Waals surface area contributed by atoms with Gasteiger partial charge in [-0.25, -0.2) is 4.79 Å². The summed E-state index contributed by atoms with van der Waals surface area (Å²) in [6, 6.07) is 8.75. The Morgan fingerprint density at radius 2 is 1.77 bits per heavy atom. The predicted molar refractivity (Wildman–Crippen MR) is 85.9 cm³/mol. The van der Waals surface area contributed by atoms with Crippen LogP contribution < -0.4 is 21.0 Å². The first-order valence-corrected chi connectivity index (χ1v) is 6.63. The fraction of sp³-hybridized carbons (Fsp3) is 0.267. The van der Waals surface area contributed by atoms with E-state index in [0.29, 0.717) is 5.82 Å². The van der Waals surface area contributed by atoms with Crippen LogP contribution in [-0.4, -0.2) is 29.5 Å². The number of nitrogens with zero attached hydrogens (tertiary/aromatic N) is 4. The molecule has 2 rings (SSSR count). The number of methoxy groups -OCH3 is 1. The molecule has 0 fully saturated rings. The maximum Gasteiger partial charge on any atom is 0.332 e. The number of hydrogen-bond donors (Lipinski definition) is 0. The molecule has 0 saturated carbocycles. The molecule has 0 unspecified atom stereocenters. The van der Waals surface area contributed by atoms with Gasteiger partial charge in [0.25, 0.3) is 5.56 Å². The zero-order chi connectivity index (χ0) is 16.3. The minimum atomic E-state index is -0.394. The lowest BCUT2D eigenvalue weighted by Crippen LogP contribution is -2.38. The fourth-order valence-corrected chi connectivity index (χ4v) is 1.93. The highest BCUT2D eigenvalue weighted by atomic mass is 16.5. The van der Waals surface area contributed by atoms with Crippen LogP contribution in [0.1, 0.15) is 5.56 Å². The Kier molecular flexibility index (Phi) is 4.45. The Labute approximate surface area is 127 Å². The Morgan fingerprint density at radius 3 is 2.36 bits per heavy atom. The maximum absolute atomic E-state index is 11.9. The van der Waals surface area contributed by atoms with E-state index in [0.717, 1.165) is 15.9 Å². The smallest absolute Gasteiger partial charge is 0.332 e. The molecule has 0 N–H and O–H groups in total.